The first kappa shape index (κ1) is 21.7. The number of rotatable bonds is 6. The molecule has 0 aliphatic carbocycles. The van der Waals surface area contributed by atoms with Crippen molar-refractivity contribution in [1.82, 2.24) is 20.3 Å². The molecule has 30 heavy (non-hydrogen) atoms. The normalized spacial score (nSPS) is 12.9. The summed E-state index contributed by atoms with van der Waals surface area (Å²) in [5.74, 6) is -2.30. The standard InChI is InChI=1S/C18H18F4N6OS/c1-8(2)13(16(29)25-7-18(20,21)22)27-15-10(19)6-24-14(28-15)9-3-4-11-12(5-9)30-17(23)26-11/h3-6,8,13H,7H2,1-2H3,(H2,23,26)(H,25,29)(H,24,27,28)/t13-/m1/s1. The number of alkyl halides is 3. The lowest BCUT2D eigenvalue weighted by Gasteiger charge is -2.23. The van der Waals surface area contributed by atoms with Gasteiger partial charge < -0.3 is 16.4 Å². The maximum Gasteiger partial charge on any atom is 0.405 e. The van der Waals surface area contributed by atoms with Crippen molar-refractivity contribution in [2.75, 3.05) is 17.6 Å². The molecule has 4 N–H and O–H groups in total. The van der Waals surface area contributed by atoms with Gasteiger partial charge in [0, 0.05) is 5.56 Å². The number of nitrogens with one attached hydrogen (secondary N) is 2. The molecule has 3 rings (SSSR count). The van der Waals surface area contributed by atoms with E-state index in [9.17, 15) is 22.4 Å². The smallest absolute Gasteiger partial charge is 0.375 e. The molecule has 0 aliphatic heterocycles. The van der Waals surface area contributed by atoms with Gasteiger partial charge in [0.1, 0.15) is 12.6 Å². The number of thiazole rings is 1. The monoisotopic (exact) mass is 442 g/mol. The van der Waals surface area contributed by atoms with E-state index in [-0.39, 0.29) is 11.6 Å². The minimum atomic E-state index is -4.55. The number of carbonyl (C=O) groups is 1. The Morgan fingerprint density at radius 2 is 2.00 bits per heavy atom. The molecule has 0 radical (unpaired) electrons. The molecule has 0 aliphatic rings. The van der Waals surface area contributed by atoms with Crippen molar-refractivity contribution in [3.63, 3.8) is 0 Å². The predicted molar refractivity (Wildman–Crippen MR) is 106 cm³/mol. The molecule has 7 nitrogen and oxygen atoms in total. The molecule has 0 unspecified atom stereocenters. The molecular weight excluding hydrogens is 424 g/mol. The topological polar surface area (TPSA) is 106 Å². The molecular formula is C18H18F4N6OS. The van der Waals surface area contributed by atoms with Crippen LogP contribution in [0.2, 0.25) is 0 Å². The molecule has 0 saturated heterocycles. The van der Waals surface area contributed by atoms with E-state index >= 15 is 0 Å². The summed E-state index contributed by atoms with van der Waals surface area (Å²) in [7, 11) is 0. The number of nitrogens with two attached hydrogens (primary N) is 1. The molecule has 0 fully saturated rings. The molecule has 1 amide bonds. The van der Waals surface area contributed by atoms with E-state index in [0.717, 1.165) is 10.9 Å². The molecule has 2 heterocycles. The SMILES string of the molecule is CC(C)[C@@H](Nc1nc(-c2ccc3nc(N)sc3c2)ncc1F)C(=O)NCC(F)(F)F. The van der Waals surface area contributed by atoms with Crippen LogP contribution in [-0.4, -0.2) is 39.6 Å². The second-order valence-electron chi connectivity index (χ2n) is 6.82. The van der Waals surface area contributed by atoms with Crippen LogP contribution >= 0.6 is 11.3 Å². The van der Waals surface area contributed by atoms with E-state index in [1.807, 2.05) is 0 Å². The minimum absolute atomic E-state index is 0.172. The zero-order valence-electron chi connectivity index (χ0n) is 15.9. The van der Waals surface area contributed by atoms with Crippen molar-refractivity contribution < 1.29 is 22.4 Å². The highest BCUT2D eigenvalue weighted by Gasteiger charge is 2.31. The first-order chi connectivity index (χ1) is 14.0. The maximum atomic E-state index is 14.3. The average Bonchev–Trinajstić information content (AvgIpc) is 3.03. The third-order valence-corrected chi connectivity index (χ3v) is 4.96. The lowest BCUT2D eigenvalue weighted by Crippen LogP contribution is -2.46. The van der Waals surface area contributed by atoms with Gasteiger partial charge in [0.15, 0.2) is 22.6 Å². The van der Waals surface area contributed by atoms with E-state index in [1.54, 1.807) is 37.4 Å². The Labute approximate surface area is 172 Å². The first-order valence-electron chi connectivity index (χ1n) is 8.83. The Kier molecular flexibility index (Phi) is 6.06. The molecule has 2 aromatic heterocycles. The van der Waals surface area contributed by atoms with Gasteiger partial charge >= 0.3 is 6.18 Å². The van der Waals surface area contributed by atoms with Gasteiger partial charge in [-0.1, -0.05) is 25.2 Å². The van der Waals surface area contributed by atoms with Gasteiger partial charge in [-0.2, -0.15) is 13.2 Å². The predicted octanol–water partition coefficient (Wildman–Crippen LogP) is 3.59. The van der Waals surface area contributed by atoms with Gasteiger partial charge in [0.25, 0.3) is 0 Å². The summed E-state index contributed by atoms with van der Waals surface area (Å²) in [5.41, 5.74) is 6.96. The average molecular weight is 442 g/mol. The number of nitrogen functional groups attached to an aromatic ring is 1. The highest BCUT2D eigenvalue weighted by Crippen LogP contribution is 2.28. The Balaban J connectivity index is 1.86. The minimum Gasteiger partial charge on any atom is -0.375 e. The quantitative estimate of drug-likeness (QED) is 0.504. The van der Waals surface area contributed by atoms with Crippen LogP contribution in [0.25, 0.3) is 21.6 Å². The highest BCUT2D eigenvalue weighted by atomic mass is 32.1. The van der Waals surface area contributed by atoms with Crippen LogP contribution in [-0.2, 0) is 4.79 Å². The fourth-order valence-electron chi connectivity index (χ4n) is 2.67. The van der Waals surface area contributed by atoms with Crippen LogP contribution in [0.15, 0.2) is 24.4 Å². The van der Waals surface area contributed by atoms with E-state index in [2.05, 4.69) is 20.3 Å². The van der Waals surface area contributed by atoms with Gasteiger partial charge in [-0.3, -0.25) is 4.79 Å². The van der Waals surface area contributed by atoms with Crippen LogP contribution in [0.4, 0.5) is 28.5 Å². The fourth-order valence-corrected chi connectivity index (χ4v) is 3.44. The number of fused-ring (bicyclic) bond motifs is 1. The number of nitrogens with zero attached hydrogens (tertiary/aromatic N) is 3. The lowest BCUT2D eigenvalue weighted by atomic mass is 10.0. The van der Waals surface area contributed by atoms with Crippen molar-refractivity contribution in [3.05, 3.63) is 30.2 Å². The highest BCUT2D eigenvalue weighted by molar-refractivity contribution is 7.22. The van der Waals surface area contributed by atoms with Crippen LogP contribution < -0.4 is 16.4 Å². The Bertz CT molecular complexity index is 1070. The summed E-state index contributed by atoms with van der Waals surface area (Å²) in [5, 5.41) is 4.80. The van der Waals surface area contributed by atoms with Crippen LogP contribution in [0.3, 0.4) is 0 Å². The Morgan fingerprint density at radius 1 is 1.27 bits per heavy atom. The molecule has 0 saturated carbocycles. The third-order valence-electron chi connectivity index (χ3n) is 4.11. The second kappa shape index (κ2) is 8.38. The summed E-state index contributed by atoms with van der Waals surface area (Å²) in [6, 6.07) is 4.03. The number of hydrogen-bond donors (Lipinski definition) is 3. The third kappa shape index (κ3) is 5.12. The summed E-state index contributed by atoms with van der Waals surface area (Å²) < 4.78 is 52.3. The van der Waals surface area contributed by atoms with Gasteiger partial charge in [-0.05, 0) is 24.1 Å². The molecule has 160 valence electrons. The van der Waals surface area contributed by atoms with Crippen molar-refractivity contribution in [1.29, 1.82) is 0 Å². The molecule has 1 atom stereocenters. The van der Waals surface area contributed by atoms with E-state index in [1.165, 1.54) is 11.3 Å². The second-order valence-corrected chi connectivity index (χ2v) is 7.89. The van der Waals surface area contributed by atoms with Gasteiger partial charge in [0.2, 0.25) is 5.91 Å². The zero-order chi connectivity index (χ0) is 22.1. The number of halogens is 4. The molecule has 3 aromatic rings. The van der Waals surface area contributed by atoms with Crippen molar-refractivity contribution in [3.8, 4) is 11.4 Å². The number of amides is 1. The molecule has 0 bridgehead atoms. The lowest BCUT2D eigenvalue weighted by molar-refractivity contribution is -0.139. The number of aromatic nitrogens is 3. The van der Waals surface area contributed by atoms with E-state index in [4.69, 9.17) is 5.73 Å². The first-order valence-corrected chi connectivity index (χ1v) is 9.65. The van der Waals surface area contributed by atoms with Gasteiger partial charge in [0.05, 0.1) is 16.4 Å². The zero-order valence-corrected chi connectivity index (χ0v) is 16.7. The molecule has 12 heteroatoms. The summed E-state index contributed by atoms with van der Waals surface area (Å²) in [6.45, 7) is 1.76. The summed E-state index contributed by atoms with van der Waals surface area (Å²) >= 11 is 1.27. The fraction of sp³-hybridized carbons (Fsp3) is 0.333. The maximum absolute atomic E-state index is 14.3. The largest absolute Gasteiger partial charge is 0.405 e. The number of anilines is 2. The van der Waals surface area contributed by atoms with Crippen LogP contribution in [0.5, 0.6) is 0 Å². The van der Waals surface area contributed by atoms with Crippen molar-refractivity contribution in [2.45, 2.75) is 26.1 Å². The molecule has 1 aromatic carbocycles. The van der Waals surface area contributed by atoms with E-state index < -0.39 is 36.4 Å². The van der Waals surface area contributed by atoms with E-state index in [0.29, 0.717) is 16.2 Å². The van der Waals surface area contributed by atoms with Gasteiger partial charge in [-0.15, -0.1) is 0 Å². The summed E-state index contributed by atoms with van der Waals surface area (Å²) in [6.07, 6.45) is -3.62. The van der Waals surface area contributed by atoms with Crippen LogP contribution in [0, 0.1) is 11.7 Å². The van der Waals surface area contributed by atoms with Crippen LogP contribution in [0.1, 0.15) is 13.8 Å². The van der Waals surface area contributed by atoms with Crippen molar-refractivity contribution >= 4 is 38.4 Å². The Morgan fingerprint density at radius 3 is 2.67 bits per heavy atom. The number of hydrogen-bond acceptors (Lipinski definition) is 7. The van der Waals surface area contributed by atoms with Gasteiger partial charge in [-0.25, -0.2) is 19.3 Å². The number of benzene rings is 1. The number of carbonyl (C=O) groups excluding carboxylic acids is 1. The molecule has 0 spiro atoms. The van der Waals surface area contributed by atoms with Crippen molar-refractivity contribution in [2.24, 2.45) is 5.92 Å². The Hall–Kier alpha value is -3.02. The summed E-state index contributed by atoms with van der Waals surface area (Å²) in [4.78, 5) is 24.4.